The topological polar surface area (TPSA) is 87.2 Å². The lowest BCUT2D eigenvalue weighted by atomic mass is 10.1. The van der Waals surface area contributed by atoms with Crippen LogP contribution in [0.5, 0.6) is 0 Å². The van der Waals surface area contributed by atoms with Crippen LogP contribution < -0.4 is 4.90 Å². The molecular formula is C18H14FN3O3S. The van der Waals surface area contributed by atoms with Crippen molar-refractivity contribution in [1.29, 1.82) is 5.26 Å². The van der Waals surface area contributed by atoms with E-state index in [1.165, 1.54) is 12.1 Å². The molecule has 0 unspecified atom stereocenters. The number of amides is 1. The normalized spacial score (nSPS) is 17.0. The molecule has 0 N–H and O–H groups in total. The van der Waals surface area contributed by atoms with Gasteiger partial charge in [-0.2, -0.15) is 5.26 Å². The smallest absolute Gasteiger partial charge is 0.272 e. The fraction of sp³-hybridized carbons (Fsp3) is 0.222. The van der Waals surface area contributed by atoms with Crippen LogP contribution in [-0.4, -0.2) is 22.6 Å². The Labute approximate surface area is 153 Å². The number of anilines is 1. The molecule has 2 aromatic rings. The molecule has 6 nitrogen and oxygen atoms in total. The highest BCUT2D eigenvalue weighted by Crippen LogP contribution is 2.34. The number of nitrogens with zero attached hydrogens (tertiary/aromatic N) is 3. The molecule has 0 bridgehead atoms. The van der Waals surface area contributed by atoms with Crippen LogP contribution in [0.15, 0.2) is 47.4 Å². The number of non-ortho nitro benzene ring substituents is 1. The van der Waals surface area contributed by atoms with Crippen molar-refractivity contribution >= 4 is 29.0 Å². The fourth-order valence-electron chi connectivity index (χ4n) is 2.78. The Hall–Kier alpha value is -2.92. The van der Waals surface area contributed by atoms with E-state index in [4.69, 9.17) is 5.26 Å². The lowest BCUT2D eigenvalue weighted by Gasteiger charge is -2.32. The van der Waals surface area contributed by atoms with Gasteiger partial charge in [0.05, 0.1) is 27.9 Å². The number of thioether (sulfide) groups is 1. The Kier molecular flexibility index (Phi) is 5.19. The first-order chi connectivity index (χ1) is 12.5. The van der Waals surface area contributed by atoms with Crippen molar-refractivity contribution in [2.75, 3.05) is 11.4 Å². The van der Waals surface area contributed by atoms with Crippen molar-refractivity contribution in [3.8, 4) is 6.07 Å². The average Bonchev–Trinajstić information content (AvgIpc) is 2.65. The first-order valence-corrected chi connectivity index (χ1v) is 8.79. The Morgan fingerprint density at radius 1 is 1.27 bits per heavy atom. The number of piperidine rings is 1. The van der Waals surface area contributed by atoms with E-state index in [1.807, 2.05) is 6.07 Å². The summed E-state index contributed by atoms with van der Waals surface area (Å²) in [5, 5.41) is 19.1. The van der Waals surface area contributed by atoms with E-state index in [0.29, 0.717) is 24.2 Å². The Bertz CT molecular complexity index is 896. The minimum Gasteiger partial charge on any atom is -0.311 e. The molecule has 1 fully saturated rings. The lowest BCUT2D eigenvalue weighted by Crippen LogP contribution is -2.43. The zero-order valence-electron chi connectivity index (χ0n) is 13.6. The zero-order chi connectivity index (χ0) is 18.7. The number of benzene rings is 2. The predicted molar refractivity (Wildman–Crippen MR) is 95.4 cm³/mol. The fourth-order valence-corrected chi connectivity index (χ4v) is 3.91. The number of carbonyl (C=O) groups is 1. The molecule has 1 atom stereocenters. The molecule has 3 rings (SSSR count). The van der Waals surface area contributed by atoms with Gasteiger partial charge in [-0.15, -0.1) is 11.8 Å². The highest BCUT2D eigenvalue weighted by Gasteiger charge is 2.31. The SMILES string of the molecule is N#Cc1ccc(N2CCC[C@H](Sc3ccc([N+](=O)[O-])cc3F)C2=O)cc1. The summed E-state index contributed by atoms with van der Waals surface area (Å²) in [7, 11) is 0. The second-order valence-corrected chi connectivity index (χ2v) is 7.01. The number of rotatable bonds is 4. The number of hydrogen-bond donors (Lipinski definition) is 0. The molecule has 0 radical (unpaired) electrons. The number of nitro groups is 1. The molecule has 0 aliphatic carbocycles. The van der Waals surface area contributed by atoms with Gasteiger partial charge >= 0.3 is 0 Å². The van der Waals surface area contributed by atoms with Gasteiger partial charge in [0.1, 0.15) is 5.82 Å². The van der Waals surface area contributed by atoms with E-state index in [0.717, 1.165) is 24.2 Å². The predicted octanol–water partition coefficient (Wildman–Crippen LogP) is 3.89. The summed E-state index contributed by atoms with van der Waals surface area (Å²) in [4.78, 5) is 24.7. The van der Waals surface area contributed by atoms with Crippen LogP contribution in [0, 0.1) is 27.3 Å². The first kappa shape index (κ1) is 17.9. The molecule has 1 heterocycles. The summed E-state index contributed by atoms with van der Waals surface area (Å²) in [6, 6.07) is 12.2. The van der Waals surface area contributed by atoms with Crippen molar-refractivity contribution in [2.24, 2.45) is 0 Å². The van der Waals surface area contributed by atoms with Gasteiger partial charge in [-0.3, -0.25) is 14.9 Å². The van der Waals surface area contributed by atoms with Crippen LogP contribution in [0.4, 0.5) is 15.8 Å². The Morgan fingerprint density at radius 3 is 2.62 bits per heavy atom. The molecule has 2 aromatic carbocycles. The molecule has 1 saturated heterocycles. The number of nitro benzene ring substituents is 1. The van der Waals surface area contributed by atoms with E-state index in [9.17, 15) is 19.3 Å². The Balaban J connectivity index is 1.77. The Morgan fingerprint density at radius 2 is 2.00 bits per heavy atom. The molecule has 1 aliphatic heterocycles. The number of hydrogen-bond acceptors (Lipinski definition) is 5. The van der Waals surface area contributed by atoms with Gasteiger partial charge in [-0.05, 0) is 43.2 Å². The molecule has 26 heavy (non-hydrogen) atoms. The first-order valence-electron chi connectivity index (χ1n) is 7.92. The van der Waals surface area contributed by atoms with Crippen molar-refractivity contribution < 1.29 is 14.1 Å². The minimum absolute atomic E-state index is 0.135. The molecule has 0 spiro atoms. The van der Waals surface area contributed by atoms with E-state index in [1.54, 1.807) is 29.2 Å². The molecule has 1 amide bonds. The van der Waals surface area contributed by atoms with Crippen molar-refractivity contribution in [2.45, 2.75) is 23.0 Å². The van der Waals surface area contributed by atoms with Gasteiger partial charge in [0, 0.05) is 23.2 Å². The van der Waals surface area contributed by atoms with Gasteiger partial charge in [-0.25, -0.2) is 4.39 Å². The number of halogens is 1. The summed E-state index contributed by atoms with van der Waals surface area (Å²) in [5.74, 6) is -0.837. The molecule has 0 aromatic heterocycles. The second-order valence-electron chi connectivity index (χ2n) is 5.77. The third-order valence-corrected chi connectivity index (χ3v) is 5.40. The zero-order valence-corrected chi connectivity index (χ0v) is 14.4. The van der Waals surface area contributed by atoms with Crippen LogP contribution in [-0.2, 0) is 4.79 Å². The summed E-state index contributed by atoms with van der Waals surface area (Å²) >= 11 is 1.08. The van der Waals surface area contributed by atoms with Crippen molar-refractivity contribution in [3.05, 3.63) is 64.0 Å². The maximum absolute atomic E-state index is 14.1. The van der Waals surface area contributed by atoms with E-state index >= 15 is 0 Å². The van der Waals surface area contributed by atoms with Crippen LogP contribution >= 0.6 is 11.8 Å². The molecular weight excluding hydrogens is 357 g/mol. The van der Waals surface area contributed by atoms with Crippen LogP contribution in [0.1, 0.15) is 18.4 Å². The summed E-state index contributed by atoms with van der Waals surface area (Å²) in [6.45, 7) is 0.560. The third kappa shape index (κ3) is 3.68. The number of carbonyl (C=O) groups excluding carboxylic acids is 1. The monoisotopic (exact) mass is 371 g/mol. The minimum atomic E-state index is -0.701. The van der Waals surface area contributed by atoms with Gasteiger partial charge in [0.15, 0.2) is 0 Å². The van der Waals surface area contributed by atoms with Gasteiger partial charge in [0.2, 0.25) is 5.91 Å². The third-order valence-electron chi connectivity index (χ3n) is 4.09. The maximum atomic E-state index is 14.1. The summed E-state index contributed by atoms with van der Waals surface area (Å²) in [5.41, 5.74) is 0.890. The largest absolute Gasteiger partial charge is 0.311 e. The molecule has 1 aliphatic rings. The van der Waals surface area contributed by atoms with Crippen LogP contribution in [0.25, 0.3) is 0 Å². The van der Waals surface area contributed by atoms with Gasteiger partial charge in [-0.1, -0.05) is 0 Å². The summed E-state index contributed by atoms with van der Waals surface area (Å²) < 4.78 is 14.1. The van der Waals surface area contributed by atoms with E-state index in [-0.39, 0.29) is 16.5 Å². The molecule has 0 saturated carbocycles. The average molecular weight is 371 g/mol. The van der Waals surface area contributed by atoms with E-state index < -0.39 is 16.0 Å². The van der Waals surface area contributed by atoms with Gasteiger partial charge < -0.3 is 4.90 Å². The highest BCUT2D eigenvalue weighted by molar-refractivity contribution is 8.00. The van der Waals surface area contributed by atoms with Crippen molar-refractivity contribution in [1.82, 2.24) is 0 Å². The molecule has 8 heteroatoms. The van der Waals surface area contributed by atoms with Crippen molar-refractivity contribution in [3.63, 3.8) is 0 Å². The van der Waals surface area contributed by atoms with E-state index in [2.05, 4.69) is 0 Å². The summed E-state index contributed by atoms with van der Waals surface area (Å²) in [6.07, 6.45) is 1.37. The molecule has 132 valence electrons. The highest BCUT2D eigenvalue weighted by atomic mass is 32.2. The number of nitriles is 1. The maximum Gasteiger partial charge on any atom is 0.272 e. The standard InChI is InChI=1S/C18H14FN3O3S/c19-15-10-14(22(24)25)7-8-16(15)26-17-2-1-9-21(18(17)23)13-5-3-12(11-20)4-6-13/h3-8,10,17H,1-2,9H2/t17-/m0/s1. The second kappa shape index (κ2) is 7.54. The quantitative estimate of drug-likeness (QED) is 0.601. The van der Waals surface area contributed by atoms with Gasteiger partial charge in [0.25, 0.3) is 5.69 Å². The van der Waals surface area contributed by atoms with Crippen LogP contribution in [0.3, 0.4) is 0 Å². The lowest BCUT2D eigenvalue weighted by molar-refractivity contribution is -0.385. The van der Waals surface area contributed by atoms with Crippen LogP contribution in [0.2, 0.25) is 0 Å².